The predicted octanol–water partition coefficient (Wildman–Crippen LogP) is 3.16. The highest BCUT2D eigenvalue weighted by Crippen LogP contribution is 2.22. The average molecular weight is 278 g/mol. The van der Waals surface area contributed by atoms with Gasteiger partial charge in [-0.3, -0.25) is 0 Å². The van der Waals surface area contributed by atoms with Crippen molar-refractivity contribution in [1.82, 2.24) is 9.55 Å². The molecule has 2 heterocycles. The Hall–Kier alpha value is -3.00. The van der Waals surface area contributed by atoms with E-state index in [4.69, 9.17) is 9.68 Å². The van der Waals surface area contributed by atoms with Gasteiger partial charge in [0, 0.05) is 31.0 Å². The van der Waals surface area contributed by atoms with Gasteiger partial charge in [0.25, 0.3) is 0 Å². The summed E-state index contributed by atoms with van der Waals surface area (Å²) >= 11 is 0. The minimum Gasteiger partial charge on any atom is -0.444 e. The lowest BCUT2D eigenvalue weighted by Gasteiger charge is -2.06. The second-order valence-corrected chi connectivity index (χ2v) is 4.76. The van der Waals surface area contributed by atoms with Crippen molar-refractivity contribution in [1.29, 1.82) is 5.26 Å². The summed E-state index contributed by atoms with van der Waals surface area (Å²) in [5.41, 5.74) is 3.69. The van der Waals surface area contributed by atoms with Crippen LogP contribution in [-0.4, -0.2) is 9.55 Å². The van der Waals surface area contributed by atoms with Crippen LogP contribution in [0, 0.1) is 11.3 Å². The van der Waals surface area contributed by atoms with Crippen LogP contribution < -0.4 is 5.32 Å². The van der Waals surface area contributed by atoms with Crippen molar-refractivity contribution in [2.24, 2.45) is 7.05 Å². The lowest BCUT2D eigenvalue weighted by Crippen LogP contribution is -1.98. The Kier molecular flexibility index (Phi) is 3.44. The summed E-state index contributed by atoms with van der Waals surface area (Å²) < 4.78 is 7.11. The minimum atomic E-state index is 0.655. The standard InChI is InChI=1S/C16H14N4O/c1-20-10-12(5-15(20)7-17)8-19-14-4-2-3-13(6-14)16-9-18-11-21-16/h2-6,9-11,19H,8H2,1H3. The molecule has 0 radical (unpaired) electrons. The molecule has 0 amide bonds. The van der Waals surface area contributed by atoms with E-state index in [1.807, 2.05) is 48.1 Å². The molecule has 0 aliphatic carbocycles. The number of hydrogen-bond acceptors (Lipinski definition) is 4. The van der Waals surface area contributed by atoms with Crippen LogP contribution in [-0.2, 0) is 13.6 Å². The molecule has 3 aromatic rings. The van der Waals surface area contributed by atoms with E-state index >= 15 is 0 Å². The Labute approximate surface area is 122 Å². The van der Waals surface area contributed by atoms with Crippen molar-refractivity contribution in [3.8, 4) is 17.4 Å². The number of aromatic nitrogens is 2. The minimum absolute atomic E-state index is 0.655. The smallest absolute Gasteiger partial charge is 0.181 e. The first kappa shape index (κ1) is 13.0. The van der Waals surface area contributed by atoms with Crippen molar-refractivity contribution >= 4 is 5.69 Å². The van der Waals surface area contributed by atoms with E-state index in [0.717, 1.165) is 22.6 Å². The van der Waals surface area contributed by atoms with Crippen molar-refractivity contribution in [2.45, 2.75) is 6.54 Å². The van der Waals surface area contributed by atoms with Crippen LogP contribution in [0.25, 0.3) is 11.3 Å². The fourth-order valence-electron chi connectivity index (χ4n) is 2.19. The van der Waals surface area contributed by atoms with Crippen molar-refractivity contribution in [3.63, 3.8) is 0 Å². The first-order valence-corrected chi connectivity index (χ1v) is 6.54. The summed E-state index contributed by atoms with van der Waals surface area (Å²) in [6.45, 7) is 0.662. The quantitative estimate of drug-likeness (QED) is 0.796. The maximum atomic E-state index is 8.95. The van der Waals surface area contributed by atoms with E-state index in [1.54, 1.807) is 6.20 Å². The third-order valence-electron chi connectivity index (χ3n) is 3.25. The van der Waals surface area contributed by atoms with Gasteiger partial charge < -0.3 is 14.3 Å². The van der Waals surface area contributed by atoms with Gasteiger partial charge in [0.05, 0.1) is 6.20 Å². The van der Waals surface area contributed by atoms with Crippen LogP contribution in [0.15, 0.2) is 53.5 Å². The van der Waals surface area contributed by atoms with Crippen LogP contribution in [0.1, 0.15) is 11.3 Å². The normalized spacial score (nSPS) is 10.3. The molecular weight excluding hydrogens is 264 g/mol. The fraction of sp³-hybridized carbons (Fsp3) is 0.125. The van der Waals surface area contributed by atoms with Crippen LogP contribution in [0.4, 0.5) is 5.69 Å². The van der Waals surface area contributed by atoms with Crippen LogP contribution >= 0.6 is 0 Å². The first-order chi connectivity index (χ1) is 10.3. The molecule has 5 heteroatoms. The molecule has 0 unspecified atom stereocenters. The number of nitrogens with one attached hydrogen (secondary N) is 1. The number of benzene rings is 1. The molecule has 1 N–H and O–H groups in total. The lowest BCUT2D eigenvalue weighted by molar-refractivity contribution is 0.572. The zero-order valence-electron chi connectivity index (χ0n) is 11.6. The summed E-state index contributed by atoms with van der Waals surface area (Å²) in [6.07, 6.45) is 5.06. The molecule has 5 nitrogen and oxygen atoms in total. The lowest BCUT2D eigenvalue weighted by atomic mass is 10.1. The summed E-state index contributed by atoms with van der Waals surface area (Å²) in [5, 5.41) is 12.3. The molecule has 0 spiro atoms. The molecule has 3 rings (SSSR count). The number of nitrogens with zero attached hydrogens (tertiary/aromatic N) is 3. The third-order valence-corrected chi connectivity index (χ3v) is 3.25. The van der Waals surface area contributed by atoms with Gasteiger partial charge in [-0.15, -0.1) is 0 Å². The highest BCUT2D eigenvalue weighted by atomic mass is 16.3. The van der Waals surface area contributed by atoms with Gasteiger partial charge >= 0.3 is 0 Å². The summed E-state index contributed by atoms with van der Waals surface area (Å²) in [6, 6.07) is 12.0. The second kappa shape index (κ2) is 5.55. The van der Waals surface area contributed by atoms with E-state index in [0.29, 0.717) is 12.2 Å². The molecule has 21 heavy (non-hydrogen) atoms. The van der Waals surface area contributed by atoms with E-state index in [1.165, 1.54) is 6.39 Å². The zero-order valence-corrected chi connectivity index (χ0v) is 11.6. The van der Waals surface area contributed by atoms with Crippen molar-refractivity contribution in [3.05, 3.63) is 60.4 Å². The Morgan fingerprint density at radius 1 is 1.38 bits per heavy atom. The van der Waals surface area contributed by atoms with Gasteiger partial charge in [-0.2, -0.15) is 5.26 Å². The number of oxazole rings is 1. The maximum absolute atomic E-state index is 8.95. The summed E-state index contributed by atoms with van der Waals surface area (Å²) in [4.78, 5) is 3.92. The van der Waals surface area contributed by atoms with Gasteiger partial charge in [0.15, 0.2) is 12.2 Å². The molecule has 0 aliphatic heterocycles. The average Bonchev–Trinajstić information content (AvgIpc) is 3.15. The first-order valence-electron chi connectivity index (χ1n) is 6.54. The van der Waals surface area contributed by atoms with Gasteiger partial charge in [-0.05, 0) is 23.8 Å². The Bertz CT molecular complexity index is 781. The Morgan fingerprint density at radius 3 is 3.00 bits per heavy atom. The molecule has 104 valence electrons. The largest absolute Gasteiger partial charge is 0.444 e. The molecule has 0 saturated carbocycles. The highest BCUT2D eigenvalue weighted by molar-refractivity contribution is 5.63. The summed E-state index contributed by atoms with van der Waals surface area (Å²) in [5.74, 6) is 0.741. The van der Waals surface area contributed by atoms with Crippen LogP contribution in [0.3, 0.4) is 0 Å². The molecule has 0 atom stereocenters. The van der Waals surface area contributed by atoms with E-state index < -0.39 is 0 Å². The molecule has 0 fully saturated rings. The topological polar surface area (TPSA) is 66.8 Å². The van der Waals surface area contributed by atoms with Gasteiger partial charge in [-0.25, -0.2) is 4.98 Å². The van der Waals surface area contributed by atoms with Gasteiger partial charge in [-0.1, -0.05) is 12.1 Å². The number of hydrogen-bond donors (Lipinski definition) is 1. The SMILES string of the molecule is Cn1cc(CNc2cccc(-c3cnco3)c2)cc1C#N. The number of aryl methyl sites for hydroxylation is 1. The Morgan fingerprint density at radius 2 is 2.29 bits per heavy atom. The van der Waals surface area contributed by atoms with E-state index in [-0.39, 0.29) is 0 Å². The van der Waals surface area contributed by atoms with Gasteiger partial charge in [0.2, 0.25) is 0 Å². The molecule has 2 aromatic heterocycles. The van der Waals surface area contributed by atoms with E-state index in [9.17, 15) is 0 Å². The molecule has 0 saturated heterocycles. The zero-order chi connectivity index (χ0) is 14.7. The van der Waals surface area contributed by atoms with Crippen molar-refractivity contribution < 1.29 is 4.42 Å². The maximum Gasteiger partial charge on any atom is 0.181 e. The molecular formula is C16H14N4O. The van der Waals surface area contributed by atoms with E-state index in [2.05, 4.69) is 16.4 Å². The second-order valence-electron chi connectivity index (χ2n) is 4.76. The number of anilines is 1. The summed E-state index contributed by atoms with van der Waals surface area (Å²) in [7, 11) is 1.87. The molecule has 0 bridgehead atoms. The van der Waals surface area contributed by atoms with Crippen LogP contribution in [0.2, 0.25) is 0 Å². The third kappa shape index (κ3) is 2.79. The van der Waals surface area contributed by atoms with Crippen LogP contribution in [0.5, 0.6) is 0 Å². The Balaban J connectivity index is 1.73. The predicted molar refractivity (Wildman–Crippen MR) is 79.4 cm³/mol. The van der Waals surface area contributed by atoms with Crippen molar-refractivity contribution in [2.75, 3.05) is 5.32 Å². The number of rotatable bonds is 4. The number of nitriles is 1. The monoisotopic (exact) mass is 278 g/mol. The highest BCUT2D eigenvalue weighted by Gasteiger charge is 2.04. The molecule has 1 aromatic carbocycles. The molecule has 0 aliphatic rings. The fourth-order valence-corrected chi connectivity index (χ4v) is 2.19. The van der Waals surface area contributed by atoms with Gasteiger partial charge in [0.1, 0.15) is 11.8 Å².